The number of hydrogen-bond donors (Lipinski definition) is 3. The van der Waals surface area contributed by atoms with E-state index in [-0.39, 0.29) is 29.7 Å². The van der Waals surface area contributed by atoms with Crippen molar-refractivity contribution in [3.8, 4) is 45.5 Å². The van der Waals surface area contributed by atoms with E-state index < -0.39 is 5.60 Å². The molecular formula is C43H49N7O7. The lowest BCUT2D eigenvalue weighted by Crippen LogP contribution is -2.53. The van der Waals surface area contributed by atoms with Crippen molar-refractivity contribution in [1.82, 2.24) is 30.0 Å². The zero-order valence-electron chi connectivity index (χ0n) is 32.6. The maximum atomic E-state index is 12.2. The average molecular weight is 776 g/mol. The molecule has 3 fully saturated rings. The predicted molar refractivity (Wildman–Crippen MR) is 215 cm³/mol. The van der Waals surface area contributed by atoms with Crippen molar-refractivity contribution in [3.05, 3.63) is 78.1 Å². The molecule has 1 amide bonds. The number of pyridine rings is 2. The van der Waals surface area contributed by atoms with Crippen LogP contribution in [0.3, 0.4) is 0 Å². The van der Waals surface area contributed by atoms with Gasteiger partial charge < -0.3 is 39.4 Å². The van der Waals surface area contributed by atoms with E-state index in [1.807, 2.05) is 68.1 Å². The molecule has 1 unspecified atom stereocenters. The summed E-state index contributed by atoms with van der Waals surface area (Å²) in [6, 6.07) is 17.9. The highest BCUT2D eigenvalue weighted by atomic mass is 16.6. The summed E-state index contributed by atoms with van der Waals surface area (Å²) in [5.41, 5.74) is 5.56. The Morgan fingerprint density at radius 3 is 2.16 bits per heavy atom. The van der Waals surface area contributed by atoms with Gasteiger partial charge in [-0.1, -0.05) is 0 Å². The van der Waals surface area contributed by atoms with E-state index in [1.165, 1.54) is 0 Å². The van der Waals surface area contributed by atoms with E-state index in [2.05, 4.69) is 20.4 Å². The van der Waals surface area contributed by atoms with Crippen LogP contribution in [0.4, 0.5) is 4.79 Å². The van der Waals surface area contributed by atoms with Gasteiger partial charge in [-0.2, -0.15) is 5.10 Å². The number of phenolic OH excluding ortho intramolecular Hbond substituents is 2. The molecule has 0 radical (unpaired) electrons. The molecule has 0 spiro atoms. The van der Waals surface area contributed by atoms with Gasteiger partial charge in [-0.25, -0.2) is 19.4 Å². The SMILES string of the molecule is CC(C)(C)OC(=O)N1CC(COc2cc(-c3ccc(O)cc3)nc3c2cnn3C2CCCCO2)C1.Oc1ccc(-c2cc(OCC3CNC3)c3c(n2)CN=C3)cc1. The molecule has 9 rings (SSSR count). The second-order valence-corrected chi connectivity index (χ2v) is 16.0. The minimum Gasteiger partial charge on any atom is -0.508 e. The van der Waals surface area contributed by atoms with Crippen molar-refractivity contribution in [1.29, 1.82) is 0 Å². The lowest BCUT2D eigenvalue weighted by molar-refractivity contribution is -0.0370. The number of carbonyl (C=O) groups is 1. The fraction of sp³-hybridized carbons (Fsp3) is 0.419. The van der Waals surface area contributed by atoms with Crippen molar-refractivity contribution in [2.24, 2.45) is 16.8 Å². The first-order valence-corrected chi connectivity index (χ1v) is 19.6. The minimum absolute atomic E-state index is 0.148. The molecule has 1 atom stereocenters. The largest absolute Gasteiger partial charge is 0.508 e. The van der Waals surface area contributed by atoms with Crippen molar-refractivity contribution >= 4 is 23.3 Å². The van der Waals surface area contributed by atoms with Crippen LogP contribution in [0.15, 0.2) is 71.9 Å². The molecule has 57 heavy (non-hydrogen) atoms. The summed E-state index contributed by atoms with van der Waals surface area (Å²) < 4.78 is 25.5. The lowest BCUT2D eigenvalue weighted by atomic mass is 10.0. The summed E-state index contributed by atoms with van der Waals surface area (Å²) in [7, 11) is 0. The predicted octanol–water partition coefficient (Wildman–Crippen LogP) is 6.73. The smallest absolute Gasteiger partial charge is 0.410 e. The van der Waals surface area contributed by atoms with Crippen molar-refractivity contribution in [2.45, 2.75) is 58.4 Å². The van der Waals surface area contributed by atoms with Gasteiger partial charge in [0.15, 0.2) is 11.9 Å². The number of nitrogens with one attached hydrogen (secondary N) is 1. The number of rotatable bonds is 9. The van der Waals surface area contributed by atoms with E-state index >= 15 is 0 Å². The first-order valence-electron chi connectivity index (χ1n) is 19.6. The molecule has 0 bridgehead atoms. The molecular weight excluding hydrogens is 727 g/mol. The summed E-state index contributed by atoms with van der Waals surface area (Å²) in [6.45, 7) is 11.3. The number of nitrogens with zero attached hydrogens (tertiary/aromatic N) is 6. The van der Waals surface area contributed by atoms with Gasteiger partial charge in [-0.3, -0.25) is 4.99 Å². The number of aromatic hydroxyl groups is 2. The third kappa shape index (κ3) is 8.97. The molecule has 3 saturated heterocycles. The Balaban J connectivity index is 0.000000177. The number of ether oxygens (including phenoxy) is 4. The normalized spacial score (nSPS) is 17.9. The van der Waals surface area contributed by atoms with E-state index in [0.717, 1.165) is 77.3 Å². The Bertz CT molecular complexity index is 2220. The molecule has 3 N–H and O–H groups in total. The Labute approximate surface area is 331 Å². The standard InChI is InChI=1S/C26H32N4O5.C17H17N3O2/c1-26(2,3)35-25(32)29-14-17(15-29)16-34-22-12-21(18-7-9-19(31)10-8-18)28-24-20(22)13-27-30(24)23-6-4-5-11-33-23;21-13-3-1-12(2-4-13)15-5-17(22-10-11-6-18-7-11)14-8-19-9-16(14)20-15/h7-10,12-13,17,23,31H,4-6,11,14-16H2,1-3H3;1-5,8,11,18,21H,6-7,9-10H2. The van der Waals surface area contributed by atoms with Crippen LogP contribution in [0.5, 0.6) is 23.0 Å². The number of carbonyl (C=O) groups excluding carboxylic acids is 1. The Kier molecular flexibility index (Phi) is 11.0. The number of amides is 1. The second kappa shape index (κ2) is 16.4. The van der Waals surface area contributed by atoms with Crippen LogP contribution in [0, 0.1) is 11.8 Å². The molecule has 7 heterocycles. The molecule has 2 aromatic carbocycles. The van der Waals surface area contributed by atoms with Crippen LogP contribution in [0.25, 0.3) is 33.5 Å². The number of benzene rings is 2. The van der Waals surface area contributed by atoms with Gasteiger partial charge in [-0.15, -0.1) is 0 Å². The van der Waals surface area contributed by atoms with Gasteiger partial charge in [-0.05, 0) is 88.6 Å². The fourth-order valence-electron chi connectivity index (χ4n) is 7.01. The summed E-state index contributed by atoms with van der Waals surface area (Å²) in [5, 5.41) is 27.8. The van der Waals surface area contributed by atoms with E-state index in [0.29, 0.717) is 56.8 Å². The number of likely N-dealkylation sites (tertiary alicyclic amines) is 1. The fourth-order valence-corrected chi connectivity index (χ4v) is 7.01. The quantitative estimate of drug-likeness (QED) is 0.145. The van der Waals surface area contributed by atoms with Crippen LogP contribution in [-0.4, -0.2) is 98.8 Å². The Morgan fingerprint density at radius 2 is 1.53 bits per heavy atom. The van der Waals surface area contributed by atoms with E-state index in [1.54, 1.807) is 35.4 Å². The monoisotopic (exact) mass is 775 g/mol. The Hall–Kier alpha value is -5.73. The molecule has 0 saturated carbocycles. The molecule has 5 aromatic rings. The molecule has 14 nitrogen and oxygen atoms in total. The highest BCUT2D eigenvalue weighted by Gasteiger charge is 2.34. The van der Waals surface area contributed by atoms with Crippen LogP contribution < -0.4 is 14.8 Å². The topological polar surface area (TPSA) is 166 Å². The molecule has 3 aromatic heterocycles. The van der Waals surface area contributed by atoms with Crippen molar-refractivity contribution in [2.75, 3.05) is 46.0 Å². The zero-order chi connectivity index (χ0) is 39.5. The number of aromatic nitrogens is 4. The van der Waals surface area contributed by atoms with Crippen LogP contribution in [-0.2, 0) is 16.0 Å². The molecule has 14 heteroatoms. The maximum absolute atomic E-state index is 12.2. The zero-order valence-corrected chi connectivity index (χ0v) is 32.6. The summed E-state index contributed by atoms with van der Waals surface area (Å²) in [5.74, 6) is 2.80. The molecule has 298 valence electrons. The van der Waals surface area contributed by atoms with Crippen LogP contribution in [0.2, 0.25) is 0 Å². The van der Waals surface area contributed by atoms with Gasteiger partial charge in [0.2, 0.25) is 0 Å². The van der Waals surface area contributed by atoms with Gasteiger partial charge in [0.25, 0.3) is 0 Å². The molecule has 4 aliphatic heterocycles. The highest BCUT2D eigenvalue weighted by Crippen LogP contribution is 2.35. The highest BCUT2D eigenvalue weighted by molar-refractivity contribution is 5.88. The molecule has 0 aliphatic carbocycles. The number of aliphatic imine (C=N–C) groups is 1. The summed E-state index contributed by atoms with van der Waals surface area (Å²) in [6.07, 6.45) is 6.22. The minimum atomic E-state index is -0.506. The van der Waals surface area contributed by atoms with Crippen molar-refractivity contribution < 1.29 is 34.0 Å². The first-order chi connectivity index (χ1) is 27.6. The Morgan fingerprint density at radius 1 is 0.877 bits per heavy atom. The first kappa shape index (κ1) is 38.2. The van der Waals surface area contributed by atoms with E-state index in [4.69, 9.17) is 23.9 Å². The van der Waals surface area contributed by atoms with Crippen LogP contribution in [0.1, 0.15) is 57.5 Å². The third-order valence-electron chi connectivity index (χ3n) is 10.3. The summed E-state index contributed by atoms with van der Waals surface area (Å²) in [4.78, 5) is 27.8. The molecule has 4 aliphatic rings. The maximum Gasteiger partial charge on any atom is 0.410 e. The lowest BCUT2D eigenvalue weighted by Gasteiger charge is -2.39. The summed E-state index contributed by atoms with van der Waals surface area (Å²) >= 11 is 0. The number of fused-ring (bicyclic) bond motifs is 2. The van der Waals surface area contributed by atoms with Gasteiger partial charge in [0, 0.05) is 74.1 Å². The van der Waals surface area contributed by atoms with Crippen molar-refractivity contribution in [3.63, 3.8) is 0 Å². The number of phenols is 2. The average Bonchev–Trinajstić information content (AvgIpc) is 3.82. The van der Waals surface area contributed by atoms with Crippen LogP contribution >= 0.6 is 0 Å². The third-order valence-corrected chi connectivity index (χ3v) is 10.3. The van der Waals surface area contributed by atoms with Gasteiger partial charge in [0.05, 0.1) is 54.0 Å². The van der Waals surface area contributed by atoms with Gasteiger partial charge >= 0.3 is 6.09 Å². The number of hydrogen-bond acceptors (Lipinski definition) is 12. The van der Waals surface area contributed by atoms with Gasteiger partial charge in [0.1, 0.15) is 28.6 Å². The second-order valence-electron chi connectivity index (χ2n) is 16.0. The van der Waals surface area contributed by atoms with E-state index in [9.17, 15) is 15.0 Å².